The number of aryl methyl sites for hydroxylation is 1. The van der Waals surface area contributed by atoms with Crippen LogP contribution in [0.1, 0.15) is 36.6 Å². The van der Waals surface area contributed by atoms with Crippen molar-refractivity contribution in [3.05, 3.63) is 64.4 Å². The highest BCUT2D eigenvalue weighted by atomic mass is 127. The number of guanidine groups is 1. The molecule has 2 N–H and O–H groups in total. The van der Waals surface area contributed by atoms with E-state index in [9.17, 15) is 0 Å². The summed E-state index contributed by atoms with van der Waals surface area (Å²) in [5, 5.41) is 7.76. The van der Waals surface area contributed by atoms with Gasteiger partial charge in [0.05, 0.1) is 12.2 Å². The molecule has 1 fully saturated rings. The molecule has 0 spiro atoms. The van der Waals surface area contributed by atoms with E-state index in [1.165, 1.54) is 11.1 Å². The zero-order valence-corrected chi connectivity index (χ0v) is 20.3. The fourth-order valence-corrected chi connectivity index (χ4v) is 3.56. The summed E-state index contributed by atoms with van der Waals surface area (Å²) in [6, 6.07) is 12.6. The first-order valence-electron chi connectivity index (χ1n) is 10.1. The minimum absolute atomic E-state index is 0. The van der Waals surface area contributed by atoms with Crippen molar-refractivity contribution in [3.63, 3.8) is 0 Å². The molecule has 0 radical (unpaired) electrons. The third-order valence-electron chi connectivity index (χ3n) is 5.10. The average Bonchev–Trinajstić information content (AvgIpc) is 2.70. The molecule has 1 aliphatic rings. The van der Waals surface area contributed by atoms with Crippen LogP contribution in [0.25, 0.3) is 0 Å². The normalized spacial score (nSPS) is 15.6. The molecule has 2 heterocycles. The summed E-state index contributed by atoms with van der Waals surface area (Å²) in [5.74, 6) is 0.878. The lowest BCUT2D eigenvalue weighted by atomic mass is 10.0. The van der Waals surface area contributed by atoms with Gasteiger partial charge in [-0.3, -0.25) is 9.88 Å². The van der Waals surface area contributed by atoms with Crippen LogP contribution in [0.2, 0.25) is 5.02 Å². The third-order valence-corrected chi connectivity index (χ3v) is 5.35. The monoisotopic (exact) mass is 527 g/mol. The Kier molecular flexibility index (Phi) is 10.2. The number of piperidine rings is 1. The molecule has 0 atom stereocenters. The van der Waals surface area contributed by atoms with Gasteiger partial charge in [0.1, 0.15) is 0 Å². The number of rotatable bonds is 6. The Hall–Kier alpha value is -1.38. The van der Waals surface area contributed by atoms with Gasteiger partial charge in [0.2, 0.25) is 0 Å². The molecule has 29 heavy (non-hydrogen) atoms. The van der Waals surface area contributed by atoms with E-state index in [1.54, 1.807) is 0 Å². The SMILES string of the molecule is CCNC(=NCc1ncccc1C)NC1CCN(Cc2ccc(Cl)cc2)CC1.I. The maximum Gasteiger partial charge on any atom is 0.191 e. The number of aliphatic imine (C=N–C) groups is 1. The van der Waals surface area contributed by atoms with Crippen LogP contribution in [0, 0.1) is 6.92 Å². The second kappa shape index (κ2) is 12.3. The van der Waals surface area contributed by atoms with Crippen LogP contribution in [0.3, 0.4) is 0 Å². The molecular weight excluding hydrogens is 497 g/mol. The van der Waals surface area contributed by atoms with Gasteiger partial charge < -0.3 is 10.6 Å². The molecule has 0 aliphatic carbocycles. The molecule has 2 aromatic rings. The number of likely N-dealkylation sites (tertiary alicyclic amines) is 1. The Labute approximate surface area is 196 Å². The largest absolute Gasteiger partial charge is 0.357 e. The van der Waals surface area contributed by atoms with E-state index in [2.05, 4.69) is 52.6 Å². The standard InChI is InChI=1S/C22H30ClN5.HI/c1-3-24-22(26-15-21-17(2)5-4-12-25-21)27-20-10-13-28(14-11-20)16-18-6-8-19(23)9-7-18;/h4-9,12,20H,3,10-11,13-16H2,1-2H3,(H2,24,26,27);1H. The number of nitrogens with zero attached hydrogens (tertiary/aromatic N) is 3. The van der Waals surface area contributed by atoms with Crippen LogP contribution < -0.4 is 10.6 Å². The predicted molar refractivity (Wildman–Crippen MR) is 132 cm³/mol. The van der Waals surface area contributed by atoms with E-state index in [0.29, 0.717) is 12.6 Å². The summed E-state index contributed by atoms with van der Waals surface area (Å²) >= 11 is 5.98. The van der Waals surface area contributed by atoms with E-state index >= 15 is 0 Å². The van der Waals surface area contributed by atoms with Crippen LogP contribution in [0.15, 0.2) is 47.6 Å². The first kappa shape index (κ1) is 23.9. The van der Waals surface area contributed by atoms with Gasteiger partial charge in [0.15, 0.2) is 5.96 Å². The van der Waals surface area contributed by atoms with Crippen molar-refractivity contribution < 1.29 is 0 Å². The number of nitrogens with one attached hydrogen (secondary N) is 2. The summed E-state index contributed by atoms with van der Waals surface area (Å²) in [7, 11) is 0. The zero-order valence-electron chi connectivity index (χ0n) is 17.2. The topological polar surface area (TPSA) is 52.6 Å². The Morgan fingerprint density at radius 2 is 1.93 bits per heavy atom. The van der Waals surface area contributed by atoms with Gasteiger partial charge in [-0.25, -0.2) is 4.99 Å². The summed E-state index contributed by atoms with van der Waals surface area (Å²) in [6.07, 6.45) is 4.05. The quantitative estimate of drug-likeness (QED) is 0.333. The number of hydrogen-bond donors (Lipinski definition) is 2. The molecule has 1 aliphatic heterocycles. The predicted octanol–water partition coefficient (Wildman–Crippen LogP) is 4.38. The van der Waals surface area contributed by atoms with Crippen LogP contribution >= 0.6 is 35.6 Å². The highest BCUT2D eigenvalue weighted by Crippen LogP contribution is 2.16. The summed E-state index contributed by atoms with van der Waals surface area (Å²) in [6.45, 7) is 8.77. The van der Waals surface area contributed by atoms with E-state index < -0.39 is 0 Å². The van der Waals surface area contributed by atoms with Crippen LogP contribution in [-0.2, 0) is 13.1 Å². The van der Waals surface area contributed by atoms with Crippen molar-refractivity contribution in [2.45, 2.75) is 45.8 Å². The van der Waals surface area contributed by atoms with E-state index in [1.807, 2.05) is 24.4 Å². The Bertz CT molecular complexity index is 773. The first-order chi connectivity index (χ1) is 13.6. The summed E-state index contributed by atoms with van der Waals surface area (Å²) < 4.78 is 0. The van der Waals surface area contributed by atoms with Crippen LogP contribution in [0.5, 0.6) is 0 Å². The molecule has 158 valence electrons. The average molecular weight is 528 g/mol. The highest BCUT2D eigenvalue weighted by Gasteiger charge is 2.20. The zero-order chi connectivity index (χ0) is 19.8. The number of benzene rings is 1. The molecule has 1 saturated heterocycles. The molecular formula is C22H31ClIN5. The van der Waals surface area contributed by atoms with Crippen molar-refractivity contribution >= 4 is 41.5 Å². The van der Waals surface area contributed by atoms with Gasteiger partial charge in [0.25, 0.3) is 0 Å². The lowest BCUT2D eigenvalue weighted by Crippen LogP contribution is -2.48. The lowest BCUT2D eigenvalue weighted by molar-refractivity contribution is 0.198. The first-order valence-corrected chi connectivity index (χ1v) is 10.4. The molecule has 0 amide bonds. The van der Waals surface area contributed by atoms with Crippen molar-refractivity contribution in [1.29, 1.82) is 0 Å². The van der Waals surface area contributed by atoms with E-state index in [0.717, 1.165) is 55.7 Å². The maximum atomic E-state index is 5.98. The minimum Gasteiger partial charge on any atom is -0.357 e. The van der Waals surface area contributed by atoms with Crippen LogP contribution in [0.4, 0.5) is 0 Å². The number of aromatic nitrogens is 1. The van der Waals surface area contributed by atoms with Gasteiger partial charge in [-0.05, 0) is 56.0 Å². The lowest BCUT2D eigenvalue weighted by Gasteiger charge is -2.33. The van der Waals surface area contributed by atoms with Crippen molar-refractivity contribution in [2.24, 2.45) is 4.99 Å². The molecule has 7 heteroatoms. The molecule has 3 rings (SSSR count). The van der Waals surface area contributed by atoms with Gasteiger partial charge in [-0.1, -0.05) is 29.8 Å². The fourth-order valence-electron chi connectivity index (χ4n) is 3.43. The fraction of sp³-hybridized carbons (Fsp3) is 0.455. The molecule has 1 aromatic heterocycles. The number of halogens is 2. The van der Waals surface area contributed by atoms with Gasteiger partial charge in [0, 0.05) is 43.4 Å². The van der Waals surface area contributed by atoms with Crippen molar-refractivity contribution in [1.82, 2.24) is 20.5 Å². The summed E-state index contributed by atoms with van der Waals surface area (Å²) in [5.41, 5.74) is 3.52. The molecule has 0 bridgehead atoms. The smallest absolute Gasteiger partial charge is 0.191 e. The Morgan fingerprint density at radius 3 is 2.59 bits per heavy atom. The van der Waals surface area contributed by atoms with Crippen molar-refractivity contribution in [3.8, 4) is 0 Å². The van der Waals surface area contributed by atoms with E-state index in [-0.39, 0.29) is 24.0 Å². The molecule has 0 unspecified atom stereocenters. The van der Waals surface area contributed by atoms with E-state index in [4.69, 9.17) is 16.6 Å². The Morgan fingerprint density at radius 1 is 1.21 bits per heavy atom. The van der Waals surface area contributed by atoms with Gasteiger partial charge >= 0.3 is 0 Å². The molecule has 0 saturated carbocycles. The minimum atomic E-state index is 0. The second-order valence-electron chi connectivity index (χ2n) is 7.28. The Balaban J connectivity index is 0.00000300. The molecule has 5 nitrogen and oxygen atoms in total. The number of pyridine rings is 1. The third kappa shape index (κ3) is 7.75. The van der Waals surface area contributed by atoms with Crippen LogP contribution in [-0.4, -0.2) is 41.5 Å². The van der Waals surface area contributed by atoms with Gasteiger partial charge in [-0.15, -0.1) is 24.0 Å². The summed E-state index contributed by atoms with van der Waals surface area (Å²) in [4.78, 5) is 11.7. The molecule has 1 aromatic carbocycles. The highest BCUT2D eigenvalue weighted by molar-refractivity contribution is 14.0. The second-order valence-corrected chi connectivity index (χ2v) is 7.72. The van der Waals surface area contributed by atoms with Gasteiger partial charge in [-0.2, -0.15) is 0 Å². The number of hydrogen-bond acceptors (Lipinski definition) is 3. The maximum absolute atomic E-state index is 5.98. The van der Waals surface area contributed by atoms with Crippen molar-refractivity contribution in [2.75, 3.05) is 19.6 Å².